The number of rotatable bonds is 2. The maximum absolute atomic E-state index is 6.35. The Kier molecular flexibility index (Phi) is 3.68. The Morgan fingerprint density at radius 2 is 1.86 bits per heavy atom. The highest BCUT2D eigenvalue weighted by Crippen LogP contribution is 2.31. The van der Waals surface area contributed by atoms with Crippen LogP contribution in [0.25, 0.3) is 16.7 Å². The van der Waals surface area contributed by atoms with Crippen molar-refractivity contribution in [3.8, 4) is 5.69 Å². The fourth-order valence-electron chi connectivity index (χ4n) is 2.55. The molecule has 4 heteroatoms. The van der Waals surface area contributed by atoms with Crippen molar-refractivity contribution in [3.05, 3.63) is 58.4 Å². The molecule has 108 valence electrons. The summed E-state index contributed by atoms with van der Waals surface area (Å²) in [5.74, 6) is 0.836. The number of aromatic nitrogens is 2. The van der Waals surface area contributed by atoms with Crippen LogP contribution >= 0.6 is 23.2 Å². The smallest absolute Gasteiger partial charge is 0.132 e. The van der Waals surface area contributed by atoms with Gasteiger partial charge in [0.2, 0.25) is 0 Å². The summed E-state index contributed by atoms with van der Waals surface area (Å²) in [5.41, 5.74) is 5.40. The van der Waals surface area contributed by atoms with E-state index in [1.807, 2.05) is 25.1 Å². The molecule has 0 aliphatic rings. The van der Waals surface area contributed by atoms with Crippen LogP contribution in [0.15, 0.2) is 36.4 Å². The molecule has 0 saturated heterocycles. The summed E-state index contributed by atoms with van der Waals surface area (Å²) < 4.78 is 2.13. The number of imidazole rings is 1. The maximum Gasteiger partial charge on any atom is 0.132 e. The Morgan fingerprint density at radius 1 is 1.10 bits per heavy atom. The van der Waals surface area contributed by atoms with Gasteiger partial charge in [-0.25, -0.2) is 4.98 Å². The van der Waals surface area contributed by atoms with Crippen molar-refractivity contribution < 1.29 is 0 Å². The van der Waals surface area contributed by atoms with Crippen LogP contribution in [0.2, 0.25) is 5.02 Å². The van der Waals surface area contributed by atoms with Gasteiger partial charge in [0.1, 0.15) is 5.82 Å². The molecule has 2 nitrogen and oxygen atoms in total. The Balaban J connectivity index is 2.39. The molecule has 0 saturated carbocycles. The fourth-order valence-corrected chi connectivity index (χ4v) is 2.87. The lowest BCUT2D eigenvalue weighted by Gasteiger charge is -2.14. The quantitative estimate of drug-likeness (QED) is 0.563. The van der Waals surface area contributed by atoms with E-state index in [-0.39, 0.29) is 5.38 Å². The van der Waals surface area contributed by atoms with Crippen LogP contribution in [-0.2, 0) is 0 Å². The topological polar surface area (TPSA) is 17.8 Å². The van der Waals surface area contributed by atoms with Crippen molar-refractivity contribution in [2.24, 2.45) is 0 Å². The lowest BCUT2D eigenvalue weighted by atomic mass is 10.1. The second-order valence-corrected chi connectivity index (χ2v) is 6.44. The maximum atomic E-state index is 6.35. The summed E-state index contributed by atoms with van der Waals surface area (Å²) in [5, 5.41) is 0.498. The van der Waals surface area contributed by atoms with Gasteiger partial charge in [0, 0.05) is 5.02 Å². The molecule has 0 bridgehead atoms. The average Bonchev–Trinajstić information content (AvgIpc) is 2.80. The van der Waals surface area contributed by atoms with Crippen molar-refractivity contribution >= 4 is 34.2 Å². The van der Waals surface area contributed by atoms with Gasteiger partial charge in [-0.1, -0.05) is 23.7 Å². The van der Waals surface area contributed by atoms with Crippen LogP contribution in [0.4, 0.5) is 0 Å². The molecular weight excluding hydrogens is 303 g/mol. The molecule has 0 aliphatic heterocycles. The van der Waals surface area contributed by atoms with Crippen LogP contribution in [-0.4, -0.2) is 9.55 Å². The van der Waals surface area contributed by atoms with Crippen LogP contribution in [0, 0.1) is 13.8 Å². The molecule has 1 heterocycles. The van der Waals surface area contributed by atoms with E-state index in [1.54, 1.807) is 0 Å². The van der Waals surface area contributed by atoms with Crippen LogP contribution in [0.1, 0.15) is 29.3 Å². The first-order valence-electron chi connectivity index (χ1n) is 6.87. The summed E-state index contributed by atoms with van der Waals surface area (Å²) in [6, 6.07) is 12.1. The van der Waals surface area contributed by atoms with Crippen molar-refractivity contribution in [3.63, 3.8) is 0 Å². The fraction of sp³-hybridized carbons (Fsp3) is 0.235. The van der Waals surface area contributed by atoms with E-state index in [0.29, 0.717) is 5.02 Å². The van der Waals surface area contributed by atoms with Gasteiger partial charge in [-0.3, -0.25) is 4.57 Å². The minimum atomic E-state index is -0.184. The third-order valence-corrected chi connectivity index (χ3v) is 4.03. The summed E-state index contributed by atoms with van der Waals surface area (Å²) in [6.45, 7) is 6.12. The lowest BCUT2D eigenvalue weighted by molar-refractivity contribution is 0.877. The van der Waals surface area contributed by atoms with Crippen molar-refractivity contribution in [1.82, 2.24) is 9.55 Å². The van der Waals surface area contributed by atoms with E-state index in [2.05, 4.69) is 41.6 Å². The largest absolute Gasteiger partial charge is 0.295 e. The SMILES string of the molecule is Cc1ccc(C)c(-n2c(C(C)Cl)nc3cc(Cl)ccc32)c1. The Bertz CT molecular complexity index is 819. The number of aryl methyl sites for hydroxylation is 2. The van der Waals surface area contributed by atoms with Gasteiger partial charge in [-0.2, -0.15) is 0 Å². The zero-order valence-corrected chi connectivity index (χ0v) is 13.7. The van der Waals surface area contributed by atoms with Gasteiger partial charge in [0.15, 0.2) is 0 Å². The molecule has 21 heavy (non-hydrogen) atoms. The summed E-state index contributed by atoms with van der Waals surface area (Å²) in [4.78, 5) is 4.67. The third kappa shape index (κ3) is 2.54. The standard InChI is InChI=1S/C17H16Cl2N2/c1-10-4-5-11(2)16(8-10)21-15-7-6-13(19)9-14(15)20-17(21)12(3)18/h4-9,12H,1-3H3. The van der Waals surface area contributed by atoms with Crippen LogP contribution in [0.3, 0.4) is 0 Å². The minimum absolute atomic E-state index is 0.184. The number of nitrogens with zero attached hydrogens (tertiary/aromatic N) is 2. The van der Waals surface area contributed by atoms with E-state index < -0.39 is 0 Å². The van der Waals surface area contributed by atoms with E-state index >= 15 is 0 Å². The van der Waals surface area contributed by atoms with E-state index in [4.69, 9.17) is 23.2 Å². The summed E-state index contributed by atoms with van der Waals surface area (Å²) in [6.07, 6.45) is 0. The van der Waals surface area contributed by atoms with Crippen LogP contribution < -0.4 is 0 Å². The van der Waals surface area contributed by atoms with Gasteiger partial charge in [-0.05, 0) is 56.2 Å². The molecule has 0 aliphatic carbocycles. The first kappa shape index (κ1) is 14.4. The monoisotopic (exact) mass is 318 g/mol. The molecule has 2 aromatic carbocycles. The van der Waals surface area contributed by atoms with E-state index in [1.165, 1.54) is 11.1 Å². The van der Waals surface area contributed by atoms with Gasteiger partial charge < -0.3 is 0 Å². The molecule has 1 unspecified atom stereocenters. The first-order valence-corrected chi connectivity index (χ1v) is 7.68. The second kappa shape index (κ2) is 5.36. The van der Waals surface area contributed by atoms with Gasteiger partial charge in [0.05, 0.1) is 22.1 Å². The second-order valence-electron chi connectivity index (χ2n) is 5.34. The molecule has 1 aromatic heterocycles. The summed E-state index contributed by atoms with van der Waals surface area (Å²) >= 11 is 12.4. The van der Waals surface area contributed by atoms with Gasteiger partial charge in [-0.15, -0.1) is 11.6 Å². The van der Waals surface area contributed by atoms with Crippen LogP contribution in [0.5, 0.6) is 0 Å². The molecule has 0 N–H and O–H groups in total. The number of hydrogen-bond acceptors (Lipinski definition) is 1. The number of benzene rings is 2. The van der Waals surface area contributed by atoms with Gasteiger partial charge in [0.25, 0.3) is 0 Å². The normalized spacial score (nSPS) is 12.8. The Hall–Kier alpha value is -1.51. The molecule has 0 amide bonds. The number of halogens is 2. The molecule has 0 spiro atoms. The number of fused-ring (bicyclic) bond motifs is 1. The Labute approximate surface area is 134 Å². The zero-order valence-electron chi connectivity index (χ0n) is 12.2. The predicted molar refractivity (Wildman–Crippen MR) is 89.8 cm³/mol. The first-order chi connectivity index (χ1) is 9.97. The molecule has 0 fully saturated rings. The predicted octanol–water partition coefficient (Wildman–Crippen LogP) is 5.60. The van der Waals surface area contributed by atoms with Crippen molar-refractivity contribution in [2.75, 3.05) is 0 Å². The van der Waals surface area contributed by atoms with E-state index in [0.717, 1.165) is 22.5 Å². The minimum Gasteiger partial charge on any atom is -0.295 e. The zero-order chi connectivity index (χ0) is 15.1. The lowest BCUT2D eigenvalue weighted by Crippen LogP contribution is -2.04. The highest BCUT2D eigenvalue weighted by Gasteiger charge is 2.17. The van der Waals surface area contributed by atoms with Crippen molar-refractivity contribution in [2.45, 2.75) is 26.1 Å². The third-order valence-electron chi connectivity index (χ3n) is 3.60. The molecule has 1 atom stereocenters. The molecular formula is C17H16Cl2N2. The Morgan fingerprint density at radius 3 is 2.57 bits per heavy atom. The number of alkyl halides is 1. The summed E-state index contributed by atoms with van der Waals surface area (Å²) in [7, 11) is 0. The molecule has 3 rings (SSSR count). The van der Waals surface area contributed by atoms with Gasteiger partial charge >= 0.3 is 0 Å². The highest BCUT2D eigenvalue weighted by atomic mass is 35.5. The number of hydrogen-bond donors (Lipinski definition) is 0. The van der Waals surface area contributed by atoms with Crippen molar-refractivity contribution in [1.29, 1.82) is 0 Å². The highest BCUT2D eigenvalue weighted by molar-refractivity contribution is 6.31. The van der Waals surface area contributed by atoms with E-state index in [9.17, 15) is 0 Å². The average molecular weight is 319 g/mol. The molecule has 0 radical (unpaired) electrons. The molecule has 3 aromatic rings.